The van der Waals surface area contributed by atoms with E-state index in [1.807, 2.05) is 0 Å². The van der Waals surface area contributed by atoms with Gasteiger partial charge >= 0.3 is 5.97 Å². The van der Waals surface area contributed by atoms with Crippen LogP contribution in [0.2, 0.25) is 0 Å². The number of ether oxygens (including phenoxy) is 1. The van der Waals surface area contributed by atoms with Gasteiger partial charge in [-0.15, -0.1) is 0 Å². The molecule has 5 N–H and O–H groups in total. The Morgan fingerprint density at radius 3 is 2.07 bits per heavy atom. The van der Waals surface area contributed by atoms with Crippen molar-refractivity contribution in [1.82, 2.24) is 0 Å². The first-order valence-electron chi connectivity index (χ1n) is 3.86. The highest BCUT2D eigenvalue weighted by Gasteiger charge is 2.34. The van der Waals surface area contributed by atoms with Gasteiger partial charge in [0.2, 0.25) is 0 Å². The van der Waals surface area contributed by atoms with Gasteiger partial charge in [0.1, 0.15) is 18.3 Å². The van der Waals surface area contributed by atoms with E-state index in [1.54, 1.807) is 0 Å². The Bertz CT molecular complexity index is 183. The number of aliphatic hydroxyl groups is 5. The lowest BCUT2D eigenvalue weighted by Gasteiger charge is -2.23. The minimum atomic E-state index is -1.96. The van der Waals surface area contributed by atoms with Crippen LogP contribution in [0.3, 0.4) is 0 Å². The summed E-state index contributed by atoms with van der Waals surface area (Å²) in [7, 11) is 0.993. The third-order valence-corrected chi connectivity index (χ3v) is 1.70. The van der Waals surface area contributed by atoms with E-state index < -0.39 is 37.0 Å². The highest BCUT2D eigenvalue weighted by molar-refractivity contribution is 5.75. The molecular formula is C7H14O7. The molecule has 0 aromatic rings. The molecule has 0 aromatic carbocycles. The molecular weight excluding hydrogens is 196 g/mol. The van der Waals surface area contributed by atoms with Crippen LogP contribution in [-0.4, -0.2) is 69.6 Å². The first kappa shape index (κ1) is 13.3. The minimum Gasteiger partial charge on any atom is -0.467 e. The van der Waals surface area contributed by atoms with Gasteiger partial charge in [0, 0.05) is 0 Å². The molecule has 0 aliphatic rings. The summed E-state index contributed by atoms with van der Waals surface area (Å²) in [4.78, 5) is 10.7. The topological polar surface area (TPSA) is 127 Å². The number of hydrogen-bond acceptors (Lipinski definition) is 7. The smallest absolute Gasteiger partial charge is 0.337 e. The van der Waals surface area contributed by atoms with E-state index in [0.717, 1.165) is 7.11 Å². The van der Waals surface area contributed by atoms with Gasteiger partial charge in [-0.05, 0) is 0 Å². The quantitative estimate of drug-likeness (QED) is 0.299. The molecule has 7 heteroatoms. The molecule has 0 aliphatic carbocycles. The first-order chi connectivity index (χ1) is 6.45. The summed E-state index contributed by atoms with van der Waals surface area (Å²) < 4.78 is 4.09. The molecule has 0 saturated heterocycles. The van der Waals surface area contributed by atoms with Crippen molar-refractivity contribution in [2.45, 2.75) is 24.4 Å². The summed E-state index contributed by atoms with van der Waals surface area (Å²) in [6, 6.07) is 0. The summed E-state index contributed by atoms with van der Waals surface area (Å²) in [5, 5.41) is 44.5. The van der Waals surface area contributed by atoms with Crippen LogP contribution < -0.4 is 0 Å². The van der Waals surface area contributed by atoms with E-state index in [0.29, 0.717) is 0 Å². The Morgan fingerprint density at radius 2 is 1.71 bits per heavy atom. The van der Waals surface area contributed by atoms with Crippen molar-refractivity contribution in [3.8, 4) is 0 Å². The Balaban J connectivity index is 4.30. The summed E-state index contributed by atoms with van der Waals surface area (Å²) >= 11 is 0. The standard InChI is InChI=1S/C7H14O7/c1-14-7(13)6(12)5(11)4(10)3(9)2-8/h3-6,8-12H,2H2,1H3/t3-,4-,5-,6-/m1/s1. The van der Waals surface area contributed by atoms with Gasteiger partial charge in [0.25, 0.3) is 0 Å². The van der Waals surface area contributed by atoms with Crippen molar-refractivity contribution in [3.63, 3.8) is 0 Å². The van der Waals surface area contributed by atoms with Crippen LogP contribution in [0.15, 0.2) is 0 Å². The average molecular weight is 210 g/mol. The number of esters is 1. The lowest BCUT2D eigenvalue weighted by Crippen LogP contribution is -2.48. The monoisotopic (exact) mass is 210 g/mol. The second kappa shape index (κ2) is 5.89. The zero-order valence-electron chi connectivity index (χ0n) is 7.57. The lowest BCUT2D eigenvalue weighted by molar-refractivity contribution is -0.167. The molecule has 0 aromatic heterocycles. The third-order valence-electron chi connectivity index (χ3n) is 1.70. The average Bonchev–Trinajstić information content (AvgIpc) is 2.23. The second-order valence-electron chi connectivity index (χ2n) is 2.70. The molecule has 0 bridgehead atoms. The number of aliphatic hydroxyl groups excluding tert-OH is 5. The first-order valence-corrected chi connectivity index (χ1v) is 3.86. The van der Waals surface area contributed by atoms with Gasteiger partial charge in [-0.25, -0.2) is 4.79 Å². The van der Waals surface area contributed by atoms with Gasteiger partial charge < -0.3 is 30.3 Å². The molecule has 14 heavy (non-hydrogen) atoms. The number of methoxy groups -OCH3 is 1. The van der Waals surface area contributed by atoms with E-state index in [-0.39, 0.29) is 0 Å². The van der Waals surface area contributed by atoms with Crippen LogP contribution in [-0.2, 0) is 9.53 Å². The maximum absolute atomic E-state index is 10.7. The van der Waals surface area contributed by atoms with E-state index in [9.17, 15) is 4.79 Å². The fourth-order valence-corrected chi connectivity index (χ4v) is 0.783. The van der Waals surface area contributed by atoms with Gasteiger partial charge in [0.05, 0.1) is 13.7 Å². The van der Waals surface area contributed by atoms with Gasteiger partial charge in [-0.3, -0.25) is 0 Å². The van der Waals surface area contributed by atoms with Crippen molar-refractivity contribution in [1.29, 1.82) is 0 Å². The Hall–Kier alpha value is -0.730. The largest absolute Gasteiger partial charge is 0.467 e. The fourth-order valence-electron chi connectivity index (χ4n) is 0.783. The molecule has 4 atom stereocenters. The predicted molar refractivity (Wildman–Crippen MR) is 43.1 cm³/mol. The molecule has 0 heterocycles. The molecule has 0 saturated carbocycles. The summed E-state index contributed by atoms with van der Waals surface area (Å²) in [6.45, 7) is -0.799. The summed E-state index contributed by atoms with van der Waals surface area (Å²) in [5.74, 6) is -1.14. The Kier molecular flexibility index (Phi) is 5.58. The van der Waals surface area contributed by atoms with Crippen LogP contribution in [0, 0.1) is 0 Å². The normalized spacial score (nSPS) is 19.6. The van der Waals surface area contributed by atoms with Gasteiger partial charge in [-0.1, -0.05) is 0 Å². The molecule has 7 nitrogen and oxygen atoms in total. The number of rotatable bonds is 5. The second-order valence-corrected chi connectivity index (χ2v) is 2.70. The number of hydrogen-bond donors (Lipinski definition) is 5. The van der Waals surface area contributed by atoms with Crippen molar-refractivity contribution in [2.75, 3.05) is 13.7 Å². The lowest BCUT2D eigenvalue weighted by atomic mass is 10.0. The summed E-state index contributed by atoms with van der Waals surface area (Å²) in [6.07, 6.45) is -7.33. The fraction of sp³-hybridized carbons (Fsp3) is 0.857. The maximum atomic E-state index is 10.7. The third kappa shape index (κ3) is 3.20. The summed E-state index contributed by atoms with van der Waals surface area (Å²) in [5.41, 5.74) is 0. The molecule has 0 unspecified atom stereocenters. The van der Waals surface area contributed by atoms with Crippen molar-refractivity contribution < 1.29 is 35.1 Å². The zero-order valence-corrected chi connectivity index (χ0v) is 7.57. The Labute approximate surface area is 80.2 Å². The van der Waals surface area contributed by atoms with Crippen LogP contribution >= 0.6 is 0 Å². The molecule has 0 fully saturated rings. The van der Waals surface area contributed by atoms with Crippen LogP contribution in [0.4, 0.5) is 0 Å². The maximum Gasteiger partial charge on any atom is 0.337 e. The molecule has 0 spiro atoms. The van der Waals surface area contributed by atoms with E-state index >= 15 is 0 Å². The highest BCUT2D eigenvalue weighted by Crippen LogP contribution is 2.05. The van der Waals surface area contributed by atoms with Crippen LogP contribution in [0.1, 0.15) is 0 Å². The number of carbonyl (C=O) groups is 1. The molecule has 0 amide bonds. The minimum absolute atomic E-state index is 0.799. The number of carbonyl (C=O) groups excluding carboxylic acids is 1. The van der Waals surface area contributed by atoms with Crippen molar-refractivity contribution in [3.05, 3.63) is 0 Å². The highest BCUT2D eigenvalue weighted by atomic mass is 16.5. The van der Waals surface area contributed by atoms with E-state index in [2.05, 4.69) is 4.74 Å². The van der Waals surface area contributed by atoms with E-state index in [1.165, 1.54) is 0 Å². The van der Waals surface area contributed by atoms with Crippen molar-refractivity contribution >= 4 is 5.97 Å². The van der Waals surface area contributed by atoms with Crippen molar-refractivity contribution in [2.24, 2.45) is 0 Å². The van der Waals surface area contributed by atoms with Gasteiger partial charge in [-0.2, -0.15) is 0 Å². The predicted octanol–water partition coefficient (Wildman–Crippen LogP) is -3.40. The molecule has 84 valence electrons. The van der Waals surface area contributed by atoms with E-state index in [4.69, 9.17) is 25.5 Å². The molecule has 0 aliphatic heterocycles. The van der Waals surface area contributed by atoms with Crippen LogP contribution in [0.25, 0.3) is 0 Å². The van der Waals surface area contributed by atoms with Gasteiger partial charge in [0.15, 0.2) is 6.10 Å². The molecule has 0 rings (SSSR count). The Morgan fingerprint density at radius 1 is 1.21 bits per heavy atom. The molecule has 0 radical (unpaired) electrons. The SMILES string of the molecule is COC(=O)[C@H](O)[C@H](O)[C@H](O)[C@H](O)CO. The van der Waals surface area contributed by atoms with Crippen LogP contribution in [0.5, 0.6) is 0 Å². The zero-order chi connectivity index (χ0) is 11.3.